The molecule has 9 heteroatoms. The van der Waals surface area contributed by atoms with Crippen LogP contribution >= 0.6 is 39.1 Å². The van der Waals surface area contributed by atoms with Gasteiger partial charge in [0.1, 0.15) is 4.60 Å². The fourth-order valence-electron chi connectivity index (χ4n) is 1.84. The Morgan fingerprint density at radius 2 is 2.05 bits per heavy atom. The molecule has 0 radical (unpaired) electrons. The third-order valence-electron chi connectivity index (χ3n) is 2.90. The van der Waals surface area contributed by atoms with Crippen molar-refractivity contribution in [1.29, 1.82) is 0 Å². The summed E-state index contributed by atoms with van der Waals surface area (Å²) in [4.78, 5) is 4.17. The highest BCUT2D eigenvalue weighted by molar-refractivity contribution is 9.10. The number of tetrazole rings is 1. The maximum Gasteiger partial charge on any atom is 0.248 e. The van der Waals surface area contributed by atoms with E-state index in [4.69, 9.17) is 23.2 Å². The molecular formula is C13H9BrCl2N6. The van der Waals surface area contributed by atoms with Crippen LogP contribution in [0.4, 0.5) is 5.95 Å². The summed E-state index contributed by atoms with van der Waals surface area (Å²) in [6, 6.07) is 9.09. The van der Waals surface area contributed by atoms with Gasteiger partial charge in [0.15, 0.2) is 0 Å². The summed E-state index contributed by atoms with van der Waals surface area (Å²) >= 11 is 15.6. The first-order valence-corrected chi connectivity index (χ1v) is 7.77. The number of hydrogen-bond acceptors (Lipinski definition) is 5. The SMILES string of the molecule is Clc1cccc(-n2nnnc2NCc2cccnc2Br)c1Cl. The summed E-state index contributed by atoms with van der Waals surface area (Å²) in [6.45, 7) is 0.507. The number of rotatable bonds is 4. The Labute approximate surface area is 144 Å². The Hall–Kier alpha value is -1.70. The quantitative estimate of drug-likeness (QED) is 0.676. The van der Waals surface area contributed by atoms with Gasteiger partial charge in [-0.05, 0) is 44.6 Å². The summed E-state index contributed by atoms with van der Waals surface area (Å²) in [5.41, 5.74) is 1.58. The van der Waals surface area contributed by atoms with Crippen LogP contribution in [0.3, 0.4) is 0 Å². The molecule has 0 aliphatic rings. The normalized spacial score (nSPS) is 10.7. The summed E-state index contributed by atoms with van der Waals surface area (Å²) in [7, 11) is 0. The van der Waals surface area contributed by atoms with Gasteiger partial charge in [0.2, 0.25) is 5.95 Å². The lowest BCUT2D eigenvalue weighted by molar-refractivity contribution is 0.789. The minimum atomic E-state index is 0.391. The van der Waals surface area contributed by atoms with Gasteiger partial charge < -0.3 is 5.32 Å². The lowest BCUT2D eigenvalue weighted by atomic mass is 10.3. The van der Waals surface area contributed by atoms with E-state index in [0.717, 1.165) is 10.2 Å². The van der Waals surface area contributed by atoms with Crippen molar-refractivity contribution < 1.29 is 0 Å². The topological polar surface area (TPSA) is 68.5 Å². The van der Waals surface area contributed by atoms with E-state index in [0.29, 0.717) is 28.2 Å². The number of halogens is 3. The molecule has 0 amide bonds. The lowest BCUT2D eigenvalue weighted by Crippen LogP contribution is -2.08. The highest BCUT2D eigenvalue weighted by Crippen LogP contribution is 2.29. The molecule has 112 valence electrons. The summed E-state index contributed by atoms with van der Waals surface area (Å²) in [5.74, 6) is 0.458. The molecule has 0 aliphatic carbocycles. The molecule has 0 unspecified atom stereocenters. The van der Waals surface area contributed by atoms with Gasteiger partial charge in [-0.3, -0.25) is 0 Å². The minimum Gasteiger partial charge on any atom is -0.349 e. The van der Waals surface area contributed by atoms with Crippen molar-refractivity contribution in [3.8, 4) is 5.69 Å². The number of nitrogens with one attached hydrogen (secondary N) is 1. The molecule has 0 bridgehead atoms. The molecule has 0 aliphatic heterocycles. The summed E-state index contributed by atoms with van der Waals surface area (Å²) in [5, 5.41) is 15.6. The zero-order chi connectivity index (χ0) is 15.5. The van der Waals surface area contributed by atoms with Gasteiger partial charge in [-0.15, -0.1) is 0 Å². The van der Waals surface area contributed by atoms with Crippen LogP contribution < -0.4 is 5.32 Å². The minimum absolute atomic E-state index is 0.391. The van der Waals surface area contributed by atoms with Crippen LogP contribution in [0.1, 0.15) is 5.56 Å². The van der Waals surface area contributed by atoms with Crippen LogP contribution in [0.5, 0.6) is 0 Å². The molecule has 0 spiro atoms. The van der Waals surface area contributed by atoms with Crippen LogP contribution in [0.2, 0.25) is 10.0 Å². The number of nitrogens with zero attached hydrogens (tertiary/aromatic N) is 5. The molecule has 0 saturated heterocycles. The standard InChI is InChI=1S/C13H9BrCl2N6/c14-12-8(3-2-6-17-12)7-18-13-19-20-21-22(13)10-5-1-4-9(15)11(10)16/h1-6H,7H2,(H,18,19,21). The van der Waals surface area contributed by atoms with E-state index >= 15 is 0 Å². The van der Waals surface area contributed by atoms with Gasteiger partial charge in [0.25, 0.3) is 0 Å². The van der Waals surface area contributed by atoms with E-state index < -0.39 is 0 Å². The summed E-state index contributed by atoms with van der Waals surface area (Å²) in [6.07, 6.45) is 1.71. The van der Waals surface area contributed by atoms with Gasteiger partial charge >= 0.3 is 0 Å². The molecule has 3 aromatic rings. The highest BCUT2D eigenvalue weighted by Gasteiger charge is 2.13. The average molecular weight is 400 g/mol. The third kappa shape index (κ3) is 3.06. The zero-order valence-corrected chi connectivity index (χ0v) is 14.1. The molecule has 0 atom stereocenters. The number of anilines is 1. The van der Waals surface area contributed by atoms with Crippen molar-refractivity contribution in [3.63, 3.8) is 0 Å². The van der Waals surface area contributed by atoms with Gasteiger partial charge in [-0.2, -0.15) is 4.68 Å². The fraction of sp³-hybridized carbons (Fsp3) is 0.0769. The van der Waals surface area contributed by atoms with Crippen molar-refractivity contribution in [2.45, 2.75) is 6.54 Å². The largest absolute Gasteiger partial charge is 0.349 e. The zero-order valence-electron chi connectivity index (χ0n) is 11.0. The Morgan fingerprint density at radius 1 is 1.18 bits per heavy atom. The van der Waals surface area contributed by atoms with Crippen LogP contribution in [0, 0.1) is 0 Å². The van der Waals surface area contributed by atoms with E-state index in [9.17, 15) is 0 Å². The molecule has 1 N–H and O–H groups in total. The Morgan fingerprint density at radius 3 is 2.86 bits per heavy atom. The van der Waals surface area contributed by atoms with E-state index in [1.54, 1.807) is 24.4 Å². The maximum absolute atomic E-state index is 6.21. The number of aromatic nitrogens is 5. The van der Waals surface area contributed by atoms with Crippen molar-refractivity contribution in [1.82, 2.24) is 25.2 Å². The smallest absolute Gasteiger partial charge is 0.248 e. The molecule has 22 heavy (non-hydrogen) atoms. The number of hydrogen-bond donors (Lipinski definition) is 1. The van der Waals surface area contributed by atoms with Gasteiger partial charge in [0.05, 0.1) is 15.7 Å². The summed E-state index contributed by atoms with van der Waals surface area (Å²) < 4.78 is 2.26. The second-order valence-corrected chi connectivity index (χ2v) is 5.83. The number of benzene rings is 1. The second-order valence-electron chi connectivity index (χ2n) is 4.29. The number of pyridine rings is 1. The molecule has 3 rings (SSSR count). The second kappa shape index (κ2) is 6.60. The Bertz CT molecular complexity index is 807. The average Bonchev–Trinajstić information content (AvgIpc) is 2.97. The first kappa shape index (κ1) is 15.2. The van der Waals surface area contributed by atoms with Gasteiger partial charge in [-0.25, -0.2) is 4.98 Å². The molecule has 2 heterocycles. The molecule has 0 fully saturated rings. The van der Waals surface area contributed by atoms with Crippen molar-refractivity contribution in [2.75, 3.05) is 5.32 Å². The molecular weight excluding hydrogens is 391 g/mol. The molecule has 1 aromatic carbocycles. The first-order valence-electron chi connectivity index (χ1n) is 6.23. The van der Waals surface area contributed by atoms with Crippen molar-refractivity contribution in [2.24, 2.45) is 0 Å². The highest BCUT2D eigenvalue weighted by atomic mass is 79.9. The first-order chi connectivity index (χ1) is 10.7. The van der Waals surface area contributed by atoms with E-state index in [1.165, 1.54) is 4.68 Å². The van der Waals surface area contributed by atoms with Crippen LogP contribution in [0.25, 0.3) is 5.69 Å². The van der Waals surface area contributed by atoms with Crippen LogP contribution in [-0.4, -0.2) is 25.2 Å². The van der Waals surface area contributed by atoms with Crippen molar-refractivity contribution in [3.05, 3.63) is 56.7 Å². The lowest BCUT2D eigenvalue weighted by Gasteiger charge is -2.09. The monoisotopic (exact) mass is 398 g/mol. The Balaban J connectivity index is 1.87. The molecule has 0 saturated carbocycles. The van der Waals surface area contributed by atoms with E-state index in [2.05, 4.69) is 41.8 Å². The van der Waals surface area contributed by atoms with Crippen LogP contribution in [0.15, 0.2) is 41.1 Å². The van der Waals surface area contributed by atoms with Gasteiger partial charge in [-0.1, -0.05) is 40.4 Å². The maximum atomic E-state index is 6.21. The predicted octanol–water partition coefficient (Wildman–Crippen LogP) is 3.74. The van der Waals surface area contributed by atoms with E-state index in [-0.39, 0.29) is 0 Å². The Kier molecular flexibility index (Phi) is 4.56. The molecule has 6 nitrogen and oxygen atoms in total. The van der Waals surface area contributed by atoms with Gasteiger partial charge in [0, 0.05) is 18.3 Å². The molecule has 2 aromatic heterocycles. The van der Waals surface area contributed by atoms with E-state index in [1.807, 2.05) is 12.1 Å². The third-order valence-corrected chi connectivity index (χ3v) is 4.43. The van der Waals surface area contributed by atoms with Crippen molar-refractivity contribution >= 4 is 45.1 Å². The van der Waals surface area contributed by atoms with Crippen LogP contribution in [-0.2, 0) is 6.54 Å². The fourth-order valence-corrected chi connectivity index (χ4v) is 2.61. The predicted molar refractivity (Wildman–Crippen MR) is 88.4 cm³/mol.